The van der Waals surface area contributed by atoms with Gasteiger partial charge in [0, 0.05) is 5.02 Å². The van der Waals surface area contributed by atoms with Crippen LogP contribution in [0.1, 0.15) is 30.0 Å². The van der Waals surface area contributed by atoms with Gasteiger partial charge in [0.2, 0.25) is 5.88 Å². The van der Waals surface area contributed by atoms with E-state index in [0.717, 1.165) is 23.8 Å². The molecule has 3 aromatic rings. The van der Waals surface area contributed by atoms with E-state index in [1.165, 1.54) is 11.1 Å². The van der Waals surface area contributed by atoms with Crippen LogP contribution in [0.2, 0.25) is 5.02 Å². The number of nitrogens with zero attached hydrogens (tertiary/aromatic N) is 2. The van der Waals surface area contributed by atoms with Crippen LogP contribution < -0.4 is 11.2 Å². The Bertz CT molecular complexity index is 1210. The van der Waals surface area contributed by atoms with Crippen molar-refractivity contribution in [2.75, 3.05) is 0 Å². The fraction of sp³-hybridized carbons (Fsp3) is 0.190. The van der Waals surface area contributed by atoms with Gasteiger partial charge >= 0.3 is 5.69 Å². The number of hydrogen-bond acceptors (Lipinski definition) is 4. The molecule has 142 valence electrons. The maximum Gasteiger partial charge on any atom is 0.335 e. The van der Waals surface area contributed by atoms with E-state index in [4.69, 9.17) is 11.6 Å². The van der Waals surface area contributed by atoms with Gasteiger partial charge in [0.1, 0.15) is 5.56 Å². The first-order valence-electron chi connectivity index (χ1n) is 8.96. The van der Waals surface area contributed by atoms with Gasteiger partial charge < -0.3 is 5.11 Å². The van der Waals surface area contributed by atoms with E-state index in [1.54, 1.807) is 31.2 Å². The lowest BCUT2D eigenvalue weighted by Crippen LogP contribution is -2.32. The van der Waals surface area contributed by atoms with Crippen LogP contribution in [-0.2, 0) is 12.8 Å². The molecule has 0 atom stereocenters. The van der Waals surface area contributed by atoms with Crippen LogP contribution in [0.3, 0.4) is 0 Å². The second-order valence-electron chi connectivity index (χ2n) is 6.77. The Morgan fingerprint density at radius 1 is 1.11 bits per heavy atom. The van der Waals surface area contributed by atoms with Gasteiger partial charge in [-0.25, -0.2) is 9.36 Å². The van der Waals surface area contributed by atoms with Crippen molar-refractivity contribution in [1.82, 2.24) is 9.55 Å². The van der Waals surface area contributed by atoms with Crippen LogP contribution in [0.15, 0.2) is 57.0 Å². The van der Waals surface area contributed by atoms with Crippen molar-refractivity contribution in [3.8, 4) is 11.6 Å². The van der Waals surface area contributed by atoms with Gasteiger partial charge in [-0.2, -0.15) is 0 Å². The first kappa shape index (κ1) is 18.3. The number of aliphatic imine (C=N–C) groups is 1. The molecule has 0 saturated carbocycles. The van der Waals surface area contributed by atoms with Gasteiger partial charge in [0.05, 0.1) is 17.1 Å². The molecule has 1 aromatic heterocycles. The number of fused-ring (bicyclic) bond motifs is 1. The fourth-order valence-electron chi connectivity index (χ4n) is 3.56. The topological polar surface area (TPSA) is 87.4 Å². The van der Waals surface area contributed by atoms with Gasteiger partial charge in [-0.15, -0.1) is 0 Å². The number of aromatic amines is 1. The average molecular weight is 396 g/mol. The summed E-state index contributed by atoms with van der Waals surface area (Å²) in [5.74, 6) is -0.460. The average Bonchev–Trinajstić information content (AvgIpc) is 3.10. The number of hydrogen-bond donors (Lipinski definition) is 2. The Labute approximate surface area is 165 Å². The lowest BCUT2D eigenvalue weighted by Gasteiger charge is -2.11. The third-order valence-electron chi connectivity index (χ3n) is 4.91. The molecule has 28 heavy (non-hydrogen) atoms. The summed E-state index contributed by atoms with van der Waals surface area (Å²) < 4.78 is 1.02. The molecule has 0 amide bonds. The smallest absolute Gasteiger partial charge is 0.335 e. The van der Waals surface area contributed by atoms with Gasteiger partial charge in [-0.1, -0.05) is 17.7 Å². The Kier molecular flexibility index (Phi) is 4.65. The quantitative estimate of drug-likeness (QED) is 0.665. The molecular weight excluding hydrogens is 378 g/mol. The minimum Gasteiger partial charge on any atom is -0.493 e. The highest BCUT2D eigenvalue weighted by atomic mass is 35.5. The molecule has 0 saturated heterocycles. The van der Waals surface area contributed by atoms with Crippen LogP contribution in [0, 0.1) is 0 Å². The lowest BCUT2D eigenvalue weighted by molar-refractivity contribution is 0.430. The van der Waals surface area contributed by atoms with Gasteiger partial charge in [-0.3, -0.25) is 14.8 Å². The van der Waals surface area contributed by atoms with Crippen LogP contribution in [0.25, 0.3) is 5.69 Å². The SMILES string of the molecule is CC(=Nc1ccc2c(c1)CCC2)c1c(O)n(-c2ccc(Cl)cc2)c(=O)[nH]c1=O. The highest BCUT2D eigenvalue weighted by Crippen LogP contribution is 2.27. The molecule has 2 aromatic carbocycles. The Morgan fingerprint density at radius 2 is 1.82 bits per heavy atom. The highest BCUT2D eigenvalue weighted by Gasteiger charge is 2.18. The van der Waals surface area contributed by atoms with Crippen molar-refractivity contribution in [3.05, 3.63) is 85.0 Å². The van der Waals surface area contributed by atoms with Gasteiger partial charge in [-0.05, 0) is 73.7 Å². The monoisotopic (exact) mass is 395 g/mol. The number of aromatic hydroxyl groups is 1. The number of aromatic nitrogens is 2. The number of nitrogens with one attached hydrogen (secondary N) is 1. The molecule has 0 fully saturated rings. The number of aryl methyl sites for hydroxylation is 2. The second-order valence-corrected chi connectivity index (χ2v) is 7.21. The molecule has 6 nitrogen and oxygen atoms in total. The van der Waals surface area contributed by atoms with Gasteiger partial charge in [0.15, 0.2) is 0 Å². The van der Waals surface area contributed by atoms with E-state index in [0.29, 0.717) is 22.1 Å². The minimum absolute atomic E-state index is 0.0463. The van der Waals surface area contributed by atoms with Crippen LogP contribution in [0.5, 0.6) is 5.88 Å². The molecule has 1 aliphatic carbocycles. The third kappa shape index (κ3) is 3.27. The summed E-state index contributed by atoms with van der Waals surface area (Å²) in [6.07, 6.45) is 3.23. The molecule has 4 rings (SSSR count). The van der Waals surface area contributed by atoms with Crippen molar-refractivity contribution in [2.45, 2.75) is 26.2 Å². The zero-order valence-electron chi connectivity index (χ0n) is 15.2. The molecule has 1 aliphatic rings. The van der Waals surface area contributed by atoms with Gasteiger partial charge in [0.25, 0.3) is 5.56 Å². The summed E-state index contributed by atoms with van der Waals surface area (Å²) >= 11 is 5.89. The Morgan fingerprint density at radius 3 is 2.57 bits per heavy atom. The summed E-state index contributed by atoms with van der Waals surface area (Å²) in [5, 5.41) is 11.2. The highest BCUT2D eigenvalue weighted by molar-refractivity contribution is 6.30. The predicted molar refractivity (Wildman–Crippen MR) is 110 cm³/mol. The van der Waals surface area contributed by atoms with E-state index in [9.17, 15) is 14.7 Å². The molecule has 0 spiro atoms. The molecule has 0 aliphatic heterocycles. The molecular formula is C21H18ClN3O3. The summed E-state index contributed by atoms with van der Waals surface area (Å²) in [5.41, 5.74) is 2.53. The molecule has 2 N–H and O–H groups in total. The molecule has 7 heteroatoms. The summed E-state index contributed by atoms with van der Waals surface area (Å²) in [6, 6.07) is 12.3. The molecule has 0 bridgehead atoms. The predicted octanol–water partition coefficient (Wildman–Crippen LogP) is 3.51. The van der Waals surface area contributed by atoms with Crippen molar-refractivity contribution in [3.63, 3.8) is 0 Å². The maximum absolute atomic E-state index is 12.4. The van der Waals surface area contributed by atoms with E-state index in [-0.39, 0.29) is 5.56 Å². The fourth-order valence-corrected chi connectivity index (χ4v) is 3.68. The first-order chi connectivity index (χ1) is 13.4. The summed E-state index contributed by atoms with van der Waals surface area (Å²) in [6.45, 7) is 1.63. The van der Waals surface area contributed by atoms with Crippen LogP contribution in [0.4, 0.5) is 5.69 Å². The number of halogens is 1. The van der Waals surface area contributed by atoms with Crippen molar-refractivity contribution >= 4 is 23.0 Å². The Balaban J connectivity index is 1.83. The maximum atomic E-state index is 12.4. The Hall–Kier alpha value is -3.12. The minimum atomic E-state index is -0.737. The third-order valence-corrected chi connectivity index (χ3v) is 5.16. The first-order valence-corrected chi connectivity index (χ1v) is 9.33. The van der Waals surface area contributed by atoms with E-state index in [1.807, 2.05) is 18.2 Å². The van der Waals surface area contributed by atoms with E-state index >= 15 is 0 Å². The molecule has 0 unspecified atom stereocenters. The van der Waals surface area contributed by atoms with Crippen molar-refractivity contribution in [1.29, 1.82) is 0 Å². The summed E-state index contributed by atoms with van der Waals surface area (Å²) in [7, 11) is 0. The standard InChI is InChI=1S/C21H18ClN3O3/c1-12(23-16-8-5-13-3-2-4-14(13)11-16)18-19(26)24-21(28)25(20(18)27)17-9-6-15(22)7-10-17/h5-11,27H,2-4H2,1H3,(H,24,26,28). The second kappa shape index (κ2) is 7.13. The van der Waals surface area contributed by atoms with Crippen LogP contribution in [-0.4, -0.2) is 20.4 Å². The largest absolute Gasteiger partial charge is 0.493 e. The van der Waals surface area contributed by atoms with Crippen LogP contribution >= 0.6 is 11.6 Å². The summed E-state index contributed by atoms with van der Waals surface area (Å²) in [4.78, 5) is 31.4. The zero-order chi connectivity index (χ0) is 19.8. The number of H-pyrrole nitrogens is 1. The number of rotatable bonds is 3. The lowest BCUT2D eigenvalue weighted by atomic mass is 10.1. The zero-order valence-corrected chi connectivity index (χ0v) is 16.0. The number of benzene rings is 2. The van der Waals surface area contributed by atoms with Crippen molar-refractivity contribution in [2.24, 2.45) is 4.99 Å². The van der Waals surface area contributed by atoms with Crippen molar-refractivity contribution < 1.29 is 5.11 Å². The molecule has 1 heterocycles. The normalized spacial score (nSPS) is 13.6. The van der Waals surface area contributed by atoms with E-state index < -0.39 is 17.1 Å². The molecule has 0 radical (unpaired) electrons. The van der Waals surface area contributed by atoms with E-state index in [2.05, 4.69) is 9.98 Å².